The van der Waals surface area contributed by atoms with E-state index in [4.69, 9.17) is 0 Å². The average molecular weight is 381 g/mol. The fourth-order valence-corrected chi connectivity index (χ4v) is 4.61. The van der Waals surface area contributed by atoms with Crippen molar-refractivity contribution in [2.45, 2.75) is 50.7 Å². The Morgan fingerprint density at radius 2 is 1.96 bits per heavy atom. The fourth-order valence-electron chi connectivity index (χ4n) is 4.61. The summed E-state index contributed by atoms with van der Waals surface area (Å²) in [6.45, 7) is 5.13. The highest BCUT2D eigenvalue weighted by atomic mass is 16.2. The molecule has 2 saturated heterocycles. The van der Waals surface area contributed by atoms with Gasteiger partial charge in [-0.1, -0.05) is 24.8 Å². The van der Waals surface area contributed by atoms with Crippen LogP contribution in [-0.2, 0) is 16.1 Å². The zero-order valence-electron chi connectivity index (χ0n) is 16.1. The van der Waals surface area contributed by atoms with E-state index >= 15 is 0 Å². The van der Waals surface area contributed by atoms with Crippen molar-refractivity contribution in [3.8, 4) is 0 Å². The Bertz CT molecular complexity index is 802. The van der Waals surface area contributed by atoms with Crippen molar-refractivity contribution in [2.75, 3.05) is 13.1 Å². The zero-order chi connectivity index (χ0) is 19.7. The molecule has 1 aromatic rings. The highest BCUT2D eigenvalue weighted by molar-refractivity contribution is 5.96. The summed E-state index contributed by atoms with van der Waals surface area (Å²) in [7, 11) is 0. The first kappa shape index (κ1) is 18.7. The van der Waals surface area contributed by atoms with E-state index in [9.17, 15) is 14.4 Å². The molecular formula is C22H27N3O3. The molecular weight excluding hydrogens is 354 g/mol. The molecule has 6 heteroatoms. The lowest BCUT2D eigenvalue weighted by Gasteiger charge is -2.47. The van der Waals surface area contributed by atoms with Gasteiger partial charge in [-0.25, -0.2) is 0 Å². The Morgan fingerprint density at radius 3 is 2.71 bits per heavy atom. The smallest absolute Gasteiger partial charge is 0.254 e. The van der Waals surface area contributed by atoms with Crippen LogP contribution in [0.3, 0.4) is 0 Å². The molecule has 3 amide bonds. The molecule has 0 radical (unpaired) electrons. The van der Waals surface area contributed by atoms with Gasteiger partial charge in [-0.3, -0.25) is 14.4 Å². The van der Waals surface area contributed by atoms with Gasteiger partial charge >= 0.3 is 0 Å². The summed E-state index contributed by atoms with van der Waals surface area (Å²) in [5, 5.41) is 2.75. The Labute approximate surface area is 165 Å². The second-order valence-corrected chi connectivity index (χ2v) is 8.02. The predicted octanol–water partition coefficient (Wildman–Crippen LogP) is 2.10. The van der Waals surface area contributed by atoms with E-state index in [0.717, 1.165) is 31.2 Å². The summed E-state index contributed by atoms with van der Waals surface area (Å²) in [5.74, 6) is 0.419. The van der Waals surface area contributed by atoms with E-state index in [-0.39, 0.29) is 11.8 Å². The number of benzene rings is 1. The van der Waals surface area contributed by atoms with Crippen molar-refractivity contribution in [1.82, 2.24) is 15.1 Å². The molecule has 1 aromatic carbocycles. The molecule has 1 aliphatic carbocycles. The number of rotatable bonds is 5. The number of amides is 3. The van der Waals surface area contributed by atoms with E-state index in [1.54, 1.807) is 0 Å². The first-order valence-corrected chi connectivity index (χ1v) is 10.2. The number of hydrogen-bond donors (Lipinski definition) is 1. The van der Waals surface area contributed by atoms with Crippen molar-refractivity contribution in [1.29, 1.82) is 0 Å². The quantitative estimate of drug-likeness (QED) is 0.794. The molecule has 28 heavy (non-hydrogen) atoms. The molecule has 0 spiro atoms. The van der Waals surface area contributed by atoms with E-state index in [1.165, 1.54) is 6.08 Å². The van der Waals surface area contributed by atoms with Crippen molar-refractivity contribution >= 4 is 17.7 Å². The zero-order valence-corrected chi connectivity index (χ0v) is 16.1. The number of hydrogen-bond acceptors (Lipinski definition) is 3. The number of carbonyl (C=O) groups excluding carboxylic acids is 3. The van der Waals surface area contributed by atoms with Crippen LogP contribution < -0.4 is 5.32 Å². The van der Waals surface area contributed by atoms with Crippen LogP contribution in [0.4, 0.5) is 0 Å². The Morgan fingerprint density at radius 1 is 1.18 bits per heavy atom. The second-order valence-electron chi connectivity index (χ2n) is 8.02. The van der Waals surface area contributed by atoms with Crippen molar-refractivity contribution in [3.63, 3.8) is 0 Å². The molecule has 2 heterocycles. The third-order valence-corrected chi connectivity index (χ3v) is 6.18. The third kappa shape index (κ3) is 3.68. The van der Waals surface area contributed by atoms with Crippen molar-refractivity contribution in [2.24, 2.45) is 5.92 Å². The lowest BCUT2D eigenvalue weighted by molar-refractivity contribution is -0.141. The highest BCUT2D eigenvalue weighted by Gasteiger charge is 2.45. The van der Waals surface area contributed by atoms with Gasteiger partial charge in [0.05, 0.1) is 0 Å². The number of likely N-dealkylation sites (tertiary alicyclic amines) is 2. The van der Waals surface area contributed by atoms with Gasteiger partial charge in [-0.2, -0.15) is 0 Å². The predicted molar refractivity (Wildman–Crippen MR) is 105 cm³/mol. The molecule has 3 fully saturated rings. The van der Waals surface area contributed by atoms with Gasteiger partial charge in [0.15, 0.2) is 0 Å². The van der Waals surface area contributed by atoms with Gasteiger partial charge in [0.2, 0.25) is 11.8 Å². The Hall–Kier alpha value is -2.63. The van der Waals surface area contributed by atoms with Crippen LogP contribution in [0, 0.1) is 5.92 Å². The molecule has 4 rings (SSSR count). The van der Waals surface area contributed by atoms with E-state index < -0.39 is 0 Å². The van der Waals surface area contributed by atoms with Crippen LogP contribution in [0.25, 0.3) is 0 Å². The maximum Gasteiger partial charge on any atom is 0.254 e. The molecule has 1 N–H and O–H groups in total. The molecule has 2 unspecified atom stereocenters. The van der Waals surface area contributed by atoms with Crippen LogP contribution in [-0.4, -0.2) is 52.7 Å². The van der Waals surface area contributed by atoms with Crippen LogP contribution in [0.1, 0.15) is 48.0 Å². The minimum absolute atomic E-state index is 0.0109. The molecule has 2 aliphatic heterocycles. The standard InChI is InChI=1S/C22H27N3O3/c1-2-20(26)23-13-15-5-3-4-6-18(15)22(28)24-12-11-19-16(14-24)7-10-21(27)25(19)17-8-9-17/h2-6,16-17,19H,1,7-14H2,(H,23,26). The Balaban J connectivity index is 1.46. The van der Waals surface area contributed by atoms with E-state index in [1.807, 2.05) is 29.2 Å². The van der Waals surface area contributed by atoms with Crippen molar-refractivity contribution in [3.05, 3.63) is 48.0 Å². The molecule has 6 nitrogen and oxygen atoms in total. The van der Waals surface area contributed by atoms with Gasteiger partial charge < -0.3 is 15.1 Å². The number of nitrogens with zero attached hydrogens (tertiary/aromatic N) is 2. The van der Waals surface area contributed by atoms with Gasteiger partial charge in [-0.15, -0.1) is 0 Å². The minimum Gasteiger partial charge on any atom is -0.348 e. The fraction of sp³-hybridized carbons (Fsp3) is 0.500. The first-order chi connectivity index (χ1) is 13.6. The third-order valence-electron chi connectivity index (χ3n) is 6.18. The molecule has 0 aromatic heterocycles. The number of piperidine rings is 2. The largest absolute Gasteiger partial charge is 0.348 e. The van der Waals surface area contributed by atoms with Crippen LogP contribution in [0.5, 0.6) is 0 Å². The normalized spacial score (nSPS) is 24.5. The van der Waals surface area contributed by atoms with E-state index in [2.05, 4.69) is 16.8 Å². The molecule has 2 atom stereocenters. The number of nitrogens with one attached hydrogen (secondary N) is 1. The van der Waals surface area contributed by atoms with E-state index in [0.29, 0.717) is 55.5 Å². The number of carbonyl (C=O) groups is 3. The lowest BCUT2D eigenvalue weighted by Crippen LogP contribution is -2.57. The average Bonchev–Trinajstić information content (AvgIpc) is 3.56. The summed E-state index contributed by atoms with van der Waals surface area (Å²) >= 11 is 0. The summed E-state index contributed by atoms with van der Waals surface area (Å²) in [4.78, 5) is 41.1. The molecule has 3 aliphatic rings. The molecule has 0 bridgehead atoms. The minimum atomic E-state index is -0.255. The first-order valence-electron chi connectivity index (χ1n) is 10.2. The summed E-state index contributed by atoms with van der Waals surface area (Å²) in [6.07, 6.45) is 5.80. The number of fused-ring (bicyclic) bond motifs is 1. The van der Waals surface area contributed by atoms with Crippen LogP contribution in [0.2, 0.25) is 0 Å². The molecule has 148 valence electrons. The van der Waals surface area contributed by atoms with Gasteiger partial charge in [0.1, 0.15) is 0 Å². The van der Waals surface area contributed by atoms with Crippen LogP contribution >= 0.6 is 0 Å². The van der Waals surface area contributed by atoms with Gasteiger partial charge in [0.25, 0.3) is 5.91 Å². The monoisotopic (exact) mass is 381 g/mol. The Kier molecular flexibility index (Phi) is 5.20. The van der Waals surface area contributed by atoms with Gasteiger partial charge in [-0.05, 0) is 49.3 Å². The van der Waals surface area contributed by atoms with Crippen molar-refractivity contribution < 1.29 is 14.4 Å². The SMILES string of the molecule is C=CC(=O)NCc1ccccc1C(=O)N1CCC2C(CCC(=O)N2C2CC2)C1. The maximum atomic E-state index is 13.2. The summed E-state index contributed by atoms with van der Waals surface area (Å²) in [5.41, 5.74) is 1.44. The summed E-state index contributed by atoms with van der Waals surface area (Å²) in [6, 6.07) is 8.16. The highest BCUT2D eigenvalue weighted by Crippen LogP contribution is 2.39. The molecule has 1 saturated carbocycles. The maximum absolute atomic E-state index is 13.2. The van der Waals surface area contributed by atoms with Crippen LogP contribution in [0.15, 0.2) is 36.9 Å². The topological polar surface area (TPSA) is 69.7 Å². The van der Waals surface area contributed by atoms with Gasteiger partial charge in [0, 0.05) is 43.7 Å². The second kappa shape index (κ2) is 7.78. The summed E-state index contributed by atoms with van der Waals surface area (Å²) < 4.78 is 0. The lowest BCUT2D eigenvalue weighted by atomic mass is 9.83.